The van der Waals surface area contributed by atoms with Crippen LogP contribution in [0.4, 0.5) is 0 Å². The first-order valence-corrected chi connectivity index (χ1v) is 5.00. The molecule has 1 aliphatic rings. The molecule has 1 aliphatic heterocycles. The van der Waals surface area contributed by atoms with Crippen LogP contribution in [0.1, 0.15) is 23.4 Å². The normalized spacial score (nSPS) is 21.7. The molecule has 1 amide bonds. The van der Waals surface area contributed by atoms with Crippen molar-refractivity contribution in [3.63, 3.8) is 0 Å². The Bertz CT molecular complexity index is 363. The Labute approximate surface area is 87.6 Å². The van der Waals surface area contributed by atoms with Crippen molar-refractivity contribution in [2.24, 2.45) is 0 Å². The number of amides is 1. The lowest BCUT2D eigenvalue weighted by atomic mass is 10.2. The average molecular weight is 210 g/mol. The van der Waals surface area contributed by atoms with Gasteiger partial charge in [0.2, 0.25) is 5.89 Å². The third-order valence-electron chi connectivity index (χ3n) is 2.48. The highest BCUT2D eigenvalue weighted by molar-refractivity contribution is 5.90. The van der Waals surface area contributed by atoms with Gasteiger partial charge in [-0.15, -0.1) is 0 Å². The van der Waals surface area contributed by atoms with Gasteiger partial charge in [0, 0.05) is 32.6 Å². The van der Waals surface area contributed by atoms with Gasteiger partial charge in [0.1, 0.15) is 0 Å². The summed E-state index contributed by atoms with van der Waals surface area (Å²) in [5.74, 6) is 0.420. The zero-order chi connectivity index (χ0) is 10.8. The maximum atomic E-state index is 11.9. The molecule has 0 bridgehead atoms. The molecule has 1 N–H and O–H groups in total. The fraction of sp³-hybridized carbons (Fsp3) is 0.667. The minimum atomic E-state index is -0.152. The molecule has 0 saturated carbocycles. The minimum absolute atomic E-state index is 0.152. The van der Waals surface area contributed by atoms with Crippen molar-refractivity contribution in [3.8, 4) is 0 Å². The van der Waals surface area contributed by atoms with Gasteiger partial charge in [0.15, 0.2) is 0 Å². The van der Waals surface area contributed by atoms with E-state index in [2.05, 4.69) is 15.5 Å². The number of hydrogen-bond acceptors (Lipinski definition) is 5. The van der Waals surface area contributed by atoms with Crippen LogP contribution in [0.15, 0.2) is 4.52 Å². The zero-order valence-corrected chi connectivity index (χ0v) is 8.86. The lowest BCUT2D eigenvalue weighted by molar-refractivity contribution is 0.0640. The summed E-state index contributed by atoms with van der Waals surface area (Å²) in [6, 6.07) is 0.171. The Hall–Kier alpha value is -1.43. The topological polar surface area (TPSA) is 71.3 Å². The van der Waals surface area contributed by atoms with Crippen LogP contribution in [-0.2, 0) is 0 Å². The fourth-order valence-corrected chi connectivity index (χ4v) is 1.66. The average Bonchev–Trinajstić information content (AvgIpc) is 2.65. The van der Waals surface area contributed by atoms with Crippen molar-refractivity contribution in [1.29, 1.82) is 0 Å². The van der Waals surface area contributed by atoms with E-state index >= 15 is 0 Å². The Morgan fingerprint density at radius 2 is 2.47 bits per heavy atom. The Balaban J connectivity index is 2.13. The summed E-state index contributed by atoms with van der Waals surface area (Å²) in [6.45, 7) is 5.98. The number of carbonyl (C=O) groups excluding carboxylic acids is 1. The standard InChI is InChI=1S/C9H14N4O2/c1-6-5-10-3-4-13(6)9(14)8-11-7(2)15-12-8/h6,10H,3-5H2,1-2H3. The molecule has 1 aromatic heterocycles. The summed E-state index contributed by atoms with van der Waals surface area (Å²) in [5, 5.41) is 6.85. The molecule has 15 heavy (non-hydrogen) atoms. The third kappa shape index (κ3) is 1.99. The summed E-state index contributed by atoms with van der Waals surface area (Å²) in [6.07, 6.45) is 0. The van der Waals surface area contributed by atoms with Crippen LogP contribution >= 0.6 is 0 Å². The van der Waals surface area contributed by atoms with E-state index in [4.69, 9.17) is 4.52 Å². The predicted octanol–water partition coefficient (Wildman–Crippen LogP) is -0.188. The second-order valence-electron chi connectivity index (χ2n) is 3.69. The number of hydrogen-bond donors (Lipinski definition) is 1. The first kappa shape index (κ1) is 10.1. The SMILES string of the molecule is Cc1nc(C(=O)N2CCNCC2C)no1. The van der Waals surface area contributed by atoms with E-state index in [1.807, 2.05) is 6.92 Å². The summed E-state index contributed by atoms with van der Waals surface area (Å²) in [4.78, 5) is 17.6. The smallest absolute Gasteiger partial charge is 0.295 e. The number of aromatic nitrogens is 2. The molecule has 1 saturated heterocycles. The van der Waals surface area contributed by atoms with Crippen molar-refractivity contribution in [2.45, 2.75) is 19.9 Å². The maximum Gasteiger partial charge on any atom is 0.295 e. The van der Waals surface area contributed by atoms with E-state index in [1.54, 1.807) is 11.8 Å². The molecular weight excluding hydrogens is 196 g/mol. The number of piperazine rings is 1. The van der Waals surface area contributed by atoms with Crippen LogP contribution in [0.5, 0.6) is 0 Å². The molecule has 0 aliphatic carbocycles. The van der Waals surface area contributed by atoms with Gasteiger partial charge in [-0.1, -0.05) is 5.16 Å². The van der Waals surface area contributed by atoms with Crippen molar-refractivity contribution in [1.82, 2.24) is 20.4 Å². The molecule has 0 aromatic carbocycles. The van der Waals surface area contributed by atoms with E-state index in [0.29, 0.717) is 12.4 Å². The van der Waals surface area contributed by atoms with Crippen LogP contribution in [0.2, 0.25) is 0 Å². The van der Waals surface area contributed by atoms with Crippen molar-refractivity contribution in [3.05, 3.63) is 11.7 Å². The van der Waals surface area contributed by atoms with Gasteiger partial charge in [0.05, 0.1) is 0 Å². The van der Waals surface area contributed by atoms with E-state index in [0.717, 1.165) is 13.1 Å². The van der Waals surface area contributed by atoms with Gasteiger partial charge in [-0.25, -0.2) is 0 Å². The summed E-state index contributed by atoms with van der Waals surface area (Å²) >= 11 is 0. The van der Waals surface area contributed by atoms with Crippen LogP contribution < -0.4 is 5.32 Å². The van der Waals surface area contributed by atoms with E-state index in [1.165, 1.54) is 0 Å². The molecule has 1 fully saturated rings. The second kappa shape index (κ2) is 3.98. The molecule has 2 rings (SSSR count). The maximum absolute atomic E-state index is 11.9. The molecular formula is C9H14N4O2. The first-order valence-electron chi connectivity index (χ1n) is 5.00. The van der Waals surface area contributed by atoms with Crippen molar-refractivity contribution >= 4 is 5.91 Å². The van der Waals surface area contributed by atoms with Crippen LogP contribution in [0.3, 0.4) is 0 Å². The minimum Gasteiger partial charge on any atom is -0.339 e. The number of nitrogens with zero attached hydrogens (tertiary/aromatic N) is 3. The molecule has 1 aromatic rings. The molecule has 0 spiro atoms. The van der Waals surface area contributed by atoms with Gasteiger partial charge in [-0.2, -0.15) is 4.98 Å². The fourth-order valence-electron chi connectivity index (χ4n) is 1.66. The van der Waals surface area contributed by atoms with E-state index in [-0.39, 0.29) is 17.8 Å². The molecule has 1 atom stereocenters. The van der Waals surface area contributed by atoms with Crippen LogP contribution in [-0.4, -0.2) is 46.6 Å². The monoisotopic (exact) mass is 210 g/mol. The number of rotatable bonds is 1. The van der Waals surface area contributed by atoms with Crippen molar-refractivity contribution < 1.29 is 9.32 Å². The summed E-state index contributed by atoms with van der Waals surface area (Å²) < 4.78 is 4.79. The highest BCUT2D eigenvalue weighted by Gasteiger charge is 2.26. The third-order valence-corrected chi connectivity index (χ3v) is 2.48. The highest BCUT2D eigenvalue weighted by Crippen LogP contribution is 2.07. The van der Waals surface area contributed by atoms with Crippen LogP contribution in [0.25, 0.3) is 0 Å². The largest absolute Gasteiger partial charge is 0.339 e. The van der Waals surface area contributed by atoms with Gasteiger partial charge in [-0.3, -0.25) is 4.79 Å². The summed E-state index contributed by atoms with van der Waals surface area (Å²) in [7, 11) is 0. The van der Waals surface area contributed by atoms with E-state index < -0.39 is 0 Å². The quantitative estimate of drug-likeness (QED) is 0.695. The number of carbonyl (C=O) groups is 1. The number of aryl methyl sites for hydroxylation is 1. The molecule has 0 radical (unpaired) electrons. The molecule has 1 unspecified atom stereocenters. The molecule has 82 valence electrons. The van der Waals surface area contributed by atoms with Gasteiger partial charge < -0.3 is 14.7 Å². The second-order valence-corrected chi connectivity index (χ2v) is 3.69. The molecule has 6 heteroatoms. The van der Waals surface area contributed by atoms with Gasteiger partial charge in [0.25, 0.3) is 11.7 Å². The Morgan fingerprint density at radius 1 is 1.67 bits per heavy atom. The molecule has 2 heterocycles. The Kier molecular flexibility index (Phi) is 2.68. The summed E-state index contributed by atoms with van der Waals surface area (Å²) in [5.41, 5.74) is 0. The van der Waals surface area contributed by atoms with Crippen molar-refractivity contribution in [2.75, 3.05) is 19.6 Å². The number of nitrogens with one attached hydrogen (secondary N) is 1. The van der Waals surface area contributed by atoms with Gasteiger partial charge >= 0.3 is 0 Å². The first-order chi connectivity index (χ1) is 7.18. The molecule has 6 nitrogen and oxygen atoms in total. The van der Waals surface area contributed by atoms with Gasteiger partial charge in [-0.05, 0) is 6.92 Å². The lowest BCUT2D eigenvalue weighted by Gasteiger charge is -2.32. The van der Waals surface area contributed by atoms with Crippen LogP contribution in [0, 0.1) is 6.92 Å². The van der Waals surface area contributed by atoms with E-state index in [9.17, 15) is 4.79 Å². The predicted molar refractivity (Wildman–Crippen MR) is 52.4 cm³/mol. The zero-order valence-electron chi connectivity index (χ0n) is 8.86. The lowest BCUT2D eigenvalue weighted by Crippen LogP contribution is -2.52. The Morgan fingerprint density at radius 3 is 3.07 bits per heavy atom. The highest BCUT2D eigenvalue weighted by atomic mass is 16.5.